The second kappa shape index (κ2) is 9.06. The summed E-state index contributed by atoms with van der Waals surface area (Å²) in [5, 5.41) is 2.62. The van der Waals surface area contributed by atoms with Crippen LogP contribution >= 0.6 is 11.8 Å². The summed E-state index contributed by atoms with van der Waals surface area (Å²) in [7, 11) is 0. The highest BCUT2D eigenvalue weighted by Crippen LogP contribution is 2.30. The molecule has 0 bridgehead atoms. The molecule has 30 heavy (non-hydrogen) atoms. The van der Waals surface area contributed by atoms with Crippen LogP contribution in [0.3, 0.4) is 0 Å². The van der Waals surface area contributed by atoms with Crippen molar-refractivity contribution in [3.63, 3.8) is 0 Å². The highest BCUT2D eigenvalue weighted by molar-refractivity contribution is 7.98. The SMILES string of the molecule is CC(=O)NCC1CN(c2ccc(-c3ccc(CSCC4CO4)cc3)c(F)c2)C(=O)O1. The second-order valence-corrected chi connectivity index (χ2v) is 8.42. The Morgan fingerprint density at radius 1 is 1.23 bits per heavy atom. The Kier molecular flexibility index (Phi) is 6.24. The molecular weight excluding hydrogens is 407 g/mol. The fourth-order valence-electron chi connectivity index (χ4n) is 3.26. The van der Waals surface area contributed by atoms with Crippen LogP contribution in [0.15, 0.2) is 42.5 Å². The number of cyclic esters (lactones) is 1. The molecule has 4 rings (SSSR count). The van der Waals surface area contributed by atoms with Gasteiger partial charge in [0.2, 0.25) is 5.91 Å². The Morgan fingerprint density at radius 2 is 2.00 bits per heavy atom. The van der Waals surface area contributed by atoms with Crippen LogP contribution in [-0.2, 0) is 20.0 Å². The number of anilines is 1. The van der Waals surface area contributed by atoms with Crippen molar-refractivity contribution < 1.29 is 23.5 Å². The minimum atomic E-state index is -0.545. The molecule has 1 N–H and O–H groups in total. The molecule has 0 aromatic heterocycles. The predicted molar refractivity (Wildman–Crippen MR) is 114 cm³/mol. The van der Waals surface area contributed by atoms with E-state index in [1.807, 2.05) is 36.0 Å². The number of ether oxygens (including phenoxy) is 2. The van der Waals surface area contributed by atoms with Crippen molar-refractivity contribution >= 4 is 29.4 Å². The summed E-state index contributed by atoms with van der Waals surface area (Å²) in [4.78, 5) is 24.5. The van der Waals surface area contributed by atoms with E-state index < -0.39 is 18.0 Å². The third-order valence-corrected chi connectivity index (χ3v) is 6.10. The number of epoxide rings is 1. The lowest BCUT2D eigenvalue weighted by molar-refractivity contribution is -0.119. The molecule has 2 atom stereocenters. The van der Waals surface area contributed by atoms with E-state index in [1.54, 1.807) is 12.1 Å². The lowest BCUT2D eigenvalue weighted by Crippen LogP contribution is -2.33. The predicted octanol–water partition coefficient (Wildman–Crippen LogP) is 3.59. The zero-order chi connectivity index (χ0) is 21.1. The Morgan fingerprint density at radius 3 is 2.67 bits per heavy atom. The Labute approximate surface area is 178 Å². The number of rotatable bonds is 8. The van der Waals surface area contributed by atoms with E-state index in [-0.39, 0.29) is 19.0 Å². The number of amides is 2. The molecule has 0 aliphatic carbocycles. The van der Waals surface area contributed by atoms with E-state index in [4.69, 9.17) is 9.47 Å². The Hall–Kier alpha value is -2.58. The van der Waals surface area contributed by atoms with Gasteiger partial charge in [-0.3, -0.25) is 9.69 Å². The van der Waals surface area contributed by atoms with Gasteiger partial charge >= 0.3 is 6.09 Å². The van der Waals surface area contributed by atoms with Crippen molar-refractivity contribution in [2.45, 2.75) is 24.9 Å². The number of thioether (sulfide) groups is 1. The van der Waals surface area contributed by atoms with Gasteiger partial charge in [0.15, 0.2) is 0 Å². The molecule has 2 aliphatic rings. The molecule has 2 unspecified atom stereocenters. The molecule has 6 nitrogen and oxygen atoms in total. The molecule has 2 aromatic rings. The highest BCUT2D eigenvalue weighted by Gasteiger charge is 2.32. The van der Waals surface area contributed by atoms with Crippen LogP contribution in [0.1, 0.15) is 12.5 Å². The van der Waals surface area contributed by atoms with E-state index in [9.17, 15) is 14.0 Å². The summed E-state index contributed by atoms with van der Waals surface area (Å²) in [5.41, 5.74) is 2.88. The minimum Gasteiger partial charge on any atom is -0.442 e. The van der Waals surface area contributed by atoms with Crippen molar-refractivity contribution in [2.75, 3.05) is 30.3 Å². The molecule has 0 radical (unpaired) electrons. The van der Waals surface area contributed by atoms with E-state index >= 15 is 0 Å². The van der Waals surface area contributed by atoms with E-state index in [0.717, 1.165) is 23.7 Å². The number of nitrogens with zero attached hydrogens (tertiary/aromatic N) is 1. The van der Waals surface area contributed by atoms with Crippen molar-refractivity contribution in [3.8, 4) is 11.1 Å². The molecule has 0 saturated carbocycles. The standard InChI is InChI=1S/C22H23FN2O4S/c1-14(26)24-9-18-10-25(22(27)29-18)17-6-7-20(21(23)8-17)16-4-2-15(3-5-16)12-30-13-19-11-28-19/h2-8,18-19H,9-13H2,1H3,(H,24,26). The summed E-state index contributed by atoms with van der Waals surface area (Å²) >= 11 is 1.83. The highest BCUT2D eigenvalue weighted by atomic mass is 32.2. The van der Waals surface area contributed by atoms with E-state index in [0.29, 0.717) is 17.4 Å². The summed E-state index contributed by atoms with van der Waals surface area (Å²) in [5.74, 6) is 1.31. The largest absolute Gasteiger partial charge is 0.442 e. The number of benzene rings is 2. The van der Waals surface area contributed by atoms with Crippen molar-refractivity contribution in [1.82, 2.24) is 5.32 Å². The second-order valence-electron chi connectivity index (χ2n) is 7.39. The Bertz CT molecular complexity index is 933. The average Bonchev–Trinajstić information content (AvgIpc) is 3.47. The fourth-order valence-corrected chi connectivity index (χ4v) is 4.26. The maximum atomic E-state index is 14.8. The molecule has 158 valence electrons. The quantitative estimate of drug-likeness (QED) is 0.648. The molecule has 0 spiro atoms. The van der Waals surface area contributed by atoms with E-state index in [2.05, 4.69) is 5.32 Å². The van der Waals surface area contributed by atoms with Crippen LogP contribution in [-0.4, -0.2) is 49.7 Å². The maximum Gasteiger partial charge on any atom is 0.414 e. The fraction of sp³-hybridized carbons (Fsp3) is 0.364. The maximum absolute atomic E-state index is 14.8. The number of nitrogens with one attached hydrogen (secondary N) is 1. The first-order chi connectivity index (χ1) is 14.5. The zero-order valence-electron chi connectivity index (χ0n) is 16.6. The van der Waals surface area contributed by atoms with Gasteiger partial charge in [0.05, 0.1) is 31.5 Å². The van der Waals surface area contributed by atoms with Crippen molar-refractivity contribution in [2.24, 2.45) is 0 Å². The molecule has 2 aliphatic heterocycles. The van der Waals surface area contributed by atoms with Crippen LogP contribution in [0, 0.1) is 5.82 Å². The van der Waals surface area contributed by atoms with Gasteiger partial charge in [0.1, 0.15) is 11.9 Å². The summed E-state index contributed by atoms with van der Waals surface area (Å²) < 4.78 is 25.3. The normalized spacial score (nSPS) is 20.2. The number of carbonyl (C=O) groups excluding carboxylic acids is 2. The number of hydrogen-bond acceptors (Lipinski definition) is 5. The van der Waals surface area contributed by atoms with Gasteiger partial charge in [0, 0.05) is 24.0 Å². The zero-order valence-corrected chi connectivity index (χ0v) is 17.4. The first-order valence-corrected chi connectivity index (χ1v) is 11.0. The molecule has 2 heterocycles. The summed E-state index contributed by atoms with van der Waals surface area (Å²) in [6, 6.07) is 12.6. The Balaban J connectivity index is 1.40. The number of hydrogen-bond donors (Lipinski definition) is 1. The summed E-state index contributed by atoms with van der Waals surface area (Å²) in [6.07, 6.45) is -0.590. The molecule has 2 amide bonds. The van der Waals surface area contributed by atoms with Crippen LogP contribution in [0.5, 0.6) is 0 Å². The lowest BCUT2D eigenvalue weighted by atomic mass is 10.0. The molecule has 2 saturated heterocycles. The number of halogens is 1. The van der Waals surface area contributed by atoms with Crippen LogP contribution < -0.4 is 10.2 Å². The first kappa shape index (κ1) is 20.7. The van der Waals surface area contributed by atoms with Crippen molar-refractivity contribution in [3.05, 3.63) is 53.8 Å². The van der Waals surface area contributed by atoms with Gasteiger partial charge in [-0.05, 0) is 29.3 Å². The van der Waals surface area contributed by atoms with Gasteiger partial charge in [0.25, 0.3) is 0 Å². The van der Waals surface area contributed by atoms with Gasteiger partial charge in [-0.15, -0.1) is 0 Å². The molecular formula is C22H23FN2O4S. The van der Waals surface area contributed by atoms with Crippen LogP contribution in [0.25, 0.3) is 11.1 Å². The minimum absolute atomic E-state index is 0.193. The topological polar surface area (TPSA) is 71.2 Å². The molecule has 8 heteroatoms. The van der Waals surface area contributed by atoms with Crippen molar-refractivity contribution in [1.29, 1.82) is 0 Å². The third-order valence-electron chi connectivity index (χ3n) is 4.96. The monoisotopic (exact) mass is 430 g/mol. The van der Waals surface area contributed by atoms with Gasteiger partial charge in [-0.25, -0.2) is 9.18 Å². The van der Waals surface area contributed by atoms with Gasteiger partial charge in [-0.1, -0.05) is 24.3 Å². The average molecular weight is 431 g/mol. The van der Waals surface area contributed by atoms with Gasteiger partial charge in [-0.2, -0.15) is 11.8 Å². The first-order valence-electron chi connectivity index (χ1n) is 9.80. The van der Waals surface area contributed by atoms with E-state index in [1.165, 1.54) is 23.5 Å². The lowest BCUT2D eigenvalue weighted by Gasteiger charge is -2.14. The van der Waals surface area contributed by atoms with Crippen LogP contribution in [0.2, 0.25) is 0 Å². The molecule has 2 aromatic carbocycles. The molecule has 2 fully saturated rings. The van der Waals surface area contributed by atoms with Crippen LogP contribution in [0.4, 0.5) is 14.9 Å². The third kappa shape index (κ3) is 5.12. The summed E-state index contributed by atoms with van der Waals surface area (Å²) in [6.45, 7) is 2.76. The number of carbonyl (C=O) groups is 2. The van der Waals surface area contributed by atoms with Gasteiger partial charge < -0.3 is 14.8 Å². The smallest absolute Gasteiger partial charge is 0.414 e.